The Labute approximate surface area is 82.9 Å². The van der Waals surface area contributed by atoms with Crippen molar-refractivity contribution in [2.24, 2.45) is 5.73 Å². The first-order chi connectivity index (χ1) is 6.43. The Morgan fingerprint density at radius 2 is 2.14 bits per heavy atom. The lowest BCUT2D eigenvalue weighted by molar-refractivity contribution is 0.0984. The highest BCUT2D eigenvalue weighted by Gasteiger charge is 2.21. The summed E-state index contributed by atoms with van der Waals surface area (Å²) in [4.78, 5) is 14.1. The molecule has 0 atom stereocenters. The Balaban J connectivity index is 3.44. The number of nitrogens with zero attached hydrogens (tertiary/aromatic N) is 1. The van der Waals surface area contributed by atoms with Crippen LogP contribution in [0, 0.1) is 0 Å². The zero-order chi connectivity index (χ0) is 10.9. The average molecular weight is 222 g/mol. The summed E-state index contributed by atoms with van der Waals surface area (Å²) in [6, 6.07) is 1.09. The van der Waals surface area contributed by atoms with E-state index in [1.54, 1.807) is 0 Å². The lowest BCUT2D eigenvalue weighted by atomic mass is 10.1. The van der Waals surface area contributed by atoms with E-state index in [2.05, 4.69) is 4.98 Å². The number of rotatable bonds is 2. The van der Waals surface area contributed by atoms with Gasteiger partial charge in [0, 0.05) is 5.69 Å². The van der Waals surface area contributed by atoms with Gasteiger partial charge in [0.25, 0.3) is 12.3 Å². The second-order valence-electron chi connectivity index (χ2n) is 2.46. The van der Waals surface area contributed by atoms with Crippen LogP contribution >= 0.6 is 11.6 Å². The molecule has 0 aliphatic rings. The fourth-order valence-corrected chi connectivity index (χ4v) is 1.19. The maximum atomic E-state index is 12.4. The molecule has 0 saturated heterocycles. The number of primary amides is 1. The fraction of sp³-hybridized carbons (Fsp3) is 0.143. The van der Waals surface area contributed by atoms with E-state index in [0.717, 1.165) is 6.07 Å². The van der Waals surface area contributed by atoms with E-state index >= 15 is 0 Å². The van der Waals surface area contributed by atoms with Gasteiger partial charge in [-0.1, -0.05) is 11.6 Å². The van der Waals surface area contributed by atoms with Crippen molar-refractivity contribution in [3.8, 4) is 0 Å². The summed E-state index contributed by atoms with van der Waals surface area (Å²) in [6.45, 7) is 0. The van der Waals surface area contributed by atoms with Crippen LogP contribution in [-0.4, -0.2) is 10.9 Å². The molecule has 0 radical (unpaired) electrons. The normalized spacial score (nSPS) is 10.6. The highest BCUT2D eigenvalue weighted by atomic mass is 35.5. The predicted molar refractivity (Wildman–Crippen MR) is 47.1 cm³/mol. The van der Waals surface area contributed by atoms with Crippen LogP contribution in [0.25, 0.3) is 0 Å². The minimum Gasteiger partial charge on any atom is -0.398 e. The molecule has 1 aromatic heterocycles. The van der Waals surface area contributed by atoms with Crippen LogP contribution in [0.2, 0.25) is 5.15 Å². The van der Waals surface area contributed by atoms with E-state index in [0.29, 0.717) is 0 Å². The van der Waals surface area contributed by atoms with Crippen molar-refractivity contribution < 1.29 is 13.6 Å². The van der Waals surface area contributed by atoms with Crippen molar-refractivity contribution in [1.29, 1.82) is 0 Å². The van der Waals surface area contributed by atoms with E-state index in [1.807, 2.05) is 0 Å². The maximum absolute atomic E-state index is 12.4. The molecule has 76 valence electrons. The van der Waals surface area contributed by atoms with Gasteiger partial charge in [-0.15, -0.1) is 0 Å². The first-order valence-corrected chi connectivity index (χ1v) is 3.85. The molecule has 0 spiro atoms. The Kier molecular flexibility index (Phi) is 2.85. The summed E-state index contributed by atoms with van der Waals surface area (Å²) >= 11 is 5.39. The van der Waals surface area contributed by atoms with Crippen LogP contribution in [0.5, 0.6) is 0 Å². The van der Waals surface area contributed by atoms with Crippen molar-refractivity contribution in [2.45, 2.75) is 6.43 Å². The van der Waals surface area contributed by atoms with Crippen LogP contribution in [0.4, 0.5) is 14.5 Å². The number of hydrogen-bond acceptors (Lipinski definition) is 3. The van der Waals surface area contributed by atoms with Crippen molar-refractivity contribution in [1.82, 2.24) is 4.98 Å². The number of nitrogen functional groups attached to an aromatic ring is 1. The molecular formula is C7H6ClF2N3O. The van der Waals surface area contributed by atoms with E-state index in [4.69, 9.17) is 23.1 Å². The van der Waals surface area contributed by atoms with Gasteiger partial charge in [0.15, 0.2) is 0 Å². The minimum atomic E-state index is -2.95. The molecule has 0 aliphatic heterocycles. The fourth-order valence-electron chi connectivity index (χ4n) is 0.978. The standard InChI is InChI=1S/C7H6ClF2N3O/c8-3-1-2(11)4(7(12)14)5(13-3)6(9)10/h1,6H,(H2,11,13)(H2,12,14). The van der Waals surface area contributed by atoms with Gasteiger partial charge in [-0.3, -0.25) is 4.79 Å². The second kappa shape index (κ2) is 3.75. The van der Waals surface area contributed by atoms with Gasteiger partial charge in [-0.2, -0.15) is 0 Å². The van der Waals surface area contributed by atoms with E-state index < -0.39 is 23.6 Å². The zero-order valence-electron chi connectivity index (χ0n) is 6.80. The van der Waals surface area contributed by atoms with E-state index in [1.165, 1.54) is 0 Å². The Bertz CT molecular complexity index is 383. The van der Waals surface area contributed by atoms with Gasteiger partial charge in [-0.25, -0.2) is 13.8 Å². The van der Waals surface area contributed by atoms with Crippen molar-refractivity contribution in [3.63, 3.8) is 0 Å². The van der Waals surface area contributed by atoms with E-state index in [-0.39, 0.29) is 10.8 Å². The number of aromatic nitrogens is 1. The summed E-state index contributed by atoms with van der Waals surface area (Å²) in [5.41, 5.74) is 8.70. The van der Waals surface area contributed by atoms with Gasteiger partial charge in [-0.05, 0) is 6.07 Å². The molecule has 0 bridgehead atoms. The van der Waals surface area contributed by atoms with Crippen LogP contribution in [-0.2, 0) is 0 Å². The number of amides is 1. The molecule has 0 aromatic carbocycles. The molecule has 0 saturated carbocycles. The molecule has 1 aromatic rings. The molecule has 0 unspecified atom stereocenters. The lowest BCUT2D eigenvalue weighted by Gasteiger charge is -2.07. The first-order valence-electron chi connectivity index (χ1n) is 3.47. The SMILES string of the molecule is NC(=O)c1c(N)cc(Cl)nc1C(F)F. The molecule has 4 nitrogen and oxygen atoms in total. The number of carbonyl (C=O) groups is 1. The van der Waals surface area contributed by atoms with Gasteiger partial charge in [0.05, 0.1) is 5.56 Å². The second-order valence-corrected chi connectivity index (χ2v) is 2.85. The molecule has 0 fully saturated rings. The molecule has 7 heteroatoms. The lowest BCUT2D eigenvalue weighted by Crippen LogP contribution is -2.17. The van der Waals surface area contributed by atoms with Gasteiger partial charge < -0.3 is 11.5 Å². The monoisotopic (exact) mass is 221 g/mol. The summed E-state index contributed by atoms with van der Waals surface area (Å²) in [7, 11) is 0. The zero-order valence-corrected chi connectivity index (χ0v) is 7.55. The number of alkyl halides is 2. The maximum Gasteiger partial charge on any atom is 0.281 e. The first kappa shape index (κ1) is 10.6. The van der Waals surface area contributed by atoms with Gasteiger partial charge >= 0.3 is 0 Å². The number of pyridine rings is 1. The highest BCUT2D eigenvalue weighted by Crippen LogP contribution is 2.27. The largest absolute Gasteiger partial charge is 0.398 e. The van der Waals surface area contributed by atoms with Crippen LogP contribution < -0.4 is 11.5 Å². The summed E-state index contributed by atoms with van der Waals surface area (Å²) in [6.07, 6.45) is -2.95. The Morgan fingerprint density at radius 3 is 2.57 bits per heavy atom. The third-order valence-corrected chi connectivity index (χ3v) is 1.69. The predicted octanol–water partition coefficient (Wildman–Crippen LogP) is 1.35. The smallest absolute Gasteiger partial charge is 0.281 e. The molecule has 4 N–H and O–H groups in total. The van der Waals surface area contributed by atoms with E-state index in [9.17, 15) is 13.6 Å². The third kappa shape index (κ3) is 1.90. The summed E-state index contributed by atoms with van der Waals surface area (Å²) in [5, 5.41) is -0.206. The minimum absolute atomic E-state index is 0.201. The Morgan fingerprint density at radius 1 is 1.57 bits per heavy atom. The number of halogens is 3. The number of hydrogen-bond donors (Lipinski definition) is 2. The number of anilines is 1. The third-order valence-electron chi connectivity index (χ3n) is 1.50. The van der Waals surface area contributed by atoms with Gasteiger partial charge in [0.1, 0.15) is 10.8 Å². The van der Waals surface area contributed by atoms with Crippen LogP contribution in [0.3, 0.4) is 0 Å². The molecule has 1 rings (SSSR count). The summed E-state index contributed by atoms with van der Waals surface area (Å²) in [5.74, 6) is -1.05. The number of carbonyl (C=O) groups excluding carboxylic acids is 1. The molecule has 1 amide bonds. The Hall–Kier alpha value is -1.43. The van der Waals surface area contributed by atoms with Crippen molar-refractivity contribution >= 4 is 23.2 Å². The van der Waals surface area contributed by atoms with Crippen molar-refractivity contribution in [3.05, 3.63) is 22.5 Å². The highest BCUT2D eigenvalue weighted by molar-refractivity contribution is 6.29. The quantitative estimate of drug-likeness (QED) is 0.740. The number of nitrogens with two attached hydrogens (primary N) is 2. The average Bonchev–Trinajstić information content (AvgIpc) is 2.01. The van der Waals surface area contributed by atoms with Crippen molar-refractivity contribution in [2.75, 3.05) is 5.73 Å². The topological polar surface area (TPSA) is 82.0 Å². The molecule has 1 heterocycles. The van der Waals surface area contributed by atoms with Crippen LogP contribution in [0.15, 0.2) is 6.07 Å². The molecular weight excluding hydrogens is 216 g/mol. The molecule has 14 heavy (non-hydrogen) atoms. The van der Waals surface area contributed by atoms with Gasteiger partial charge in [0.2, 0.25) is 0 Å². The summed E-state index contributed by atoms with van der Waals surface area (Å²) < 4.78 is 24.7. The van der Waals surface area contributed by atoms with Crippen LogP contribution in [0.1, 0.15) is 22.5 Å². The molecule has 0 aliphatic carbocycles.